The van der Waals surface area contributed by atoms with Gasteiger partial charge in [0.1, 0.15) is 5.75 Å². The molecule has 0 fully saturated rings. The molecular weight excluding hydrogens is 300 g/mol. The second kappa shape index (κ2) is 7.33. The molecule has 4 heteroatoms. The van der Waals surface area contributed by atoms with E-state index in [1.807, 2.05) is 72.8 Å². The van der Waals surface area contributed by atoms with Gasteiger partial charge in [-0.25, -0.2) is 4.79 Å². The van der Waals surface area contributed by atoms with E-state index in [4.69, 9.17) is 4.74 Å². The van der Waals surface area contributed by atoms with Crippen LogP contribution in [0, 0.1) is 0 Å². The first-order chi connectivity index (χ1) is 11.8. The molecule has 2 N–H and O–H groups in total. The number of anilines is 1. The molecule has 120 valence electrons. The fraction of sp³-hybridized carbons (Fsp3) is 0.0500. The third-order valence-electron chi connectivity index (χ3n) is 3.64. The Balaban J connectivity index is 1.63. The average Bonchev–Trinajstić information content (AvgIpc) is 2.63. The number of amides is 2. The van der Waals surface area contributed by atoms with Crippen LogP contribution in [0.3, 0.4) is 0 Å². The first kappa shape index (κ1) is 15.6. The molecule has 0 aliphatic heterocycles. The predicted octanol–water partition coefficient (Wildman–Crippen LogP) is 4.64. The number of hydrogen-bond donors (Lipinski definition) is 2. The fourth-order valence-electron chi connectivity index (χ4n) is 2.42. The van der Waals surface area contributed by atoms with Gasteiger partial charge in [0.05, 0.1) is 12.8 Å². The smallest absolute Gasteiger partial charge is 0.323 e. The average molecular weight is 318 g/mol. The van der Waals surface area contributed by atoms with Gasteiger partial charge in [-0.15, -0.1) is 0 Å². The lowest BCUT2D eigenvalue weighted by Gasteiger charge is -2.08. The second-order valence-electron chi connectivity index (χ2n) is 5.23. The molecule has 24 heavy (non-hydrogen) atoms. The zero-order chi connectivity index (χ0) is 16.8. The van der Waals surface area contributed by atoms with Crippen molar-refractivity contribution < 1.29 is 9.53 Å². The van der Waals surface area contributed by atoms with Crippen LogP contribution in [-0.4, -0.2) is 13.1 Å². The Morgan fingerprint density at radius 2 is 1.71 bits per heavy atom. The van der Waals surface area contributed by atoms with Crippen molar-refractivity contribution in [1.82, 2.24) is 5.32 Å². The topological polar surface area (TPSA) is 50.4 Å². The van der Waals surface area contributed by atoms with Crippen molar-refractivity contribution in [3.05, 3.63) is 78.5 Å². The van der Waals surface area contributed by atoms with Crippen molar-refractivity contribution in [3.8, 4) is 5.75 Å². The van der Waals surface area contributed by atoms with Gasteiger partial charge < -0.3 is 15.4 Å². The van der Waals surface area contributed by atoms with E-state index >= 15 is 0 Å². The maximum atomic E-state index is 12.1. The highest BCUT2D eigenvalue weighted by Gasteiger charge is 2.03. The molecule has 0 aromatic heterocycles. The molecule has 0 saturated heterocycles. The van der Waals surface area contributed by atoms with Crippen LogP contribution in [0.1, 0.15) is 5.56 Å². The summed E-state index contributed by atoms with van der Waals surface area (Å²) in [7, 11) is 1.63. The Labute approximate surface area is 140 Å². The van der Waals surface area contributed by atoms with Crippen LogP contribution < -0.4 is 15.4 Å². The minimum absolute atomic E-state index is 0.281. The molecule has 0 unspecified atom stereocenters. The van der Waals surface area contributed by atoms with Crippen molar-refractivity contribution in [1.29, 1.82) is 0 Å². The number of fused-ring (bicyclic) bond motifs is 1. The second-order valence-corrected chi connectivity index (χ2v) is 5.23. The van der Waals surface area contributed by atoms with Crippen molar-refractivity contribution in [2.75, 3.05) is 12.4 Å². The number of benzene rings is 3. The van der Waals surface area contributed by atoms with E-state index in [1.165, 1.54) is 0 Å². The molecule has 3 rings (SSSR count). The van der Waals surface area contributed by atoms with Crippen LogP contribution in [0.25, 0.3) is 16.8 Å². The van der Waals surface area contributed by atoms with Gasteiger partial charge in [-0.2, -0.15) is 0 Å². The summed E-state index contributed by atoms with van der Waals surface area (Å²) in [6.45, 7) is 0. The zero-order valence-electron chi connectivity index (χ0n) is 13.3. The summed E-state index contributed by atoms with van der Waals surface area (Å²) < 4.78 is 5.11. The summed E-state index contributed by atoms with van der Waals surface area (Å²) in [4.78, 5) is 12.1. The van der Waals surface area contributed by atoms with Crippen LogP contribution >= 0.6 is 0 Å². The Morgan fingerprint density at radius 3 is 2.50 bits per heavy atom. The van der Waals surface area contributed by atoms with Crippen molar-refractivity contribution in [2.24, 2.45) is 0 Å². The van der Waals surface area contributed by atoms with E-state index in [-0.39, 0.29) is 6.03 Å². The standard InChI is InChI=1S/C20H18N2O2/c1-24-17-11-9-15(10-12-17)13-14-21-20(23)22-19-8-4-6-16-5-2-3-7-18(16)19/h2-14H,1H3,(H2,21,22,23)/b14-13+. The minimum Gasteiger partial charge on any atom is -0.497 e. The first-order valence-electron chi connectivity index (χ1n) is 7.62. The lowest BCUT2D eigenvalue weighted by atomic mass is 10.1. The summed E-state index contributed by atoms with van der Waals surface area (Å²) in [6, 6.07) is 21.0. The van der Waals surface area contributed by atoms with Gasteiger partial charge in [0.15, 0.2) is 0 Å². The third kappa shape index (κ3) is 3.73. The molecule has 0 spiro atoms. The van der Waals surface area contributed by atoms with E-state index in [9.17, 15) is 4.79 Å². The van der Waals surface area contributed by atoms with Crippen molar-refractivity contribution >= 4 is 28.6 Å². The minimum atomic E-state index is -0.281. The van der Waals surface area contributed by atoms with E-state index in [0.717, 1.165) is 27.8 Å². The number of methoxy groups -OCH3 is 1. The Morgan fingerprint density at radius 1 is 0.958 bits per heavy atom. The van der Waals surface area contributed by atoms with Crippen LogP contribution in [0.2, 0.25) is 0 Å². The number of hydrogen-bond acceptors (Lipinski definition) is 2. The summed E-state index contributed by atoms with van der Waals surface area (Å²) in [6.07, 6.45) is 3.43. The lowest BCUT2D eigenvalue weighted by Crippen LogP contribution is -2.23. The summed E-state index contributed by atoms with van der Waals surface area (Å²) >= 11 is 0. The van der Waals surface area contributed by atoms with Gasteiger partial charge >= 0.3 is 6.03 Å². The number of carbonyl (C=O) groups excluding carboxylic acids is 1. The van der Waals surface area contributed by atoms with E-state index in [1.54, 1.807) is 13.3 Å². The molecule has 0 heterocycles. The van der Waals surface area contributed by atoms with Crippen LogP contribution in [0.15, 0.2) is 72.9 Å². The quantitative estimate of drug-likeness (QED) is 0.736. The Bertz CT molecular complexity index is 865. The SMILES string of the molecule is COc1ccc(/C=C/NC(=O)Nc2cccc3ccccc23)cc1. The normalized spacial score (nSPS) is 10.7. The van der Waals surface area contributed by atoms with Crippen LogP contribution in [0.5, 0.6) is 5.75 Å². The van der Waals surface area contributed by atoms with Gasteiger partial charge in [0, 0.05) is 11.6 Å². The molecular formula is C20H18N2O2. The molecule has 0 radical (unpaired) electrons. The maximum absolute atomic E-state index is 12.1. The molecule has 0 saturated carbocycles. The summed E-state index contributed by atoms with van der Waals surface area (Å²) in [5.74, 6) is 0.800. The van der Waals surface area contributed by atoms with Gasteiger partial charge in [-0.05, 0) is 35.2 Å². The summed E-state index contributed by atoms with van der Waals surface area (Å²) in [5.41, 5.74) is 1.75. The highest BCUT2D eigenvalue weighted by molar-refractivity contribution is 6.01. The Kier molecular flexibility index (Phi) is 4.77. The number of urea groups is 1. The van der Waals surface area contributed by atoms with Crippen molar-refractivity contribution in [2.45, 2.75) is 0 Å². The first-order valence-corrected chi connectivity index (χ1v) is 7.62. The molecule has 0 atom stereocenters. The van der Waals surface area contributed by atoms with Gasteiger partial charge in [0.2, 0.25) is 0 Å². The zero-order valence-corrected chi connectivity index (χ0v) is 13.3. The molecule has 3 aromatic rings. The lowest BCUT2D eigenvalue weighted by molar-refractivity contribution is 0.255. The van der Waals surface area contributed by atoms with Gasteiger partial charge in [-0.1, -0.05) is 48.5 Å². The molecule has 4 nitrogen and oxygen atoms in total. The highest BCUT2D eigenvalue weighted by Crippen LogP contribution is 2.22. The van der Waals surface area contributed by atoms with Crippen molar-refractivity contribution in [3.63, 3.8) is 0 Å². The number of nitrogens with one attached hydrogen (secondary N) is 2. The van der Waals surface area contributed by atoms with E-state index in [0.29, 0.717) is 0 Å². The van der Waals surface area contributed by atoms with Gasteiger partial charge in [0.25, 0.3) is 0 Å². The molecule has 0 aliphatic carbocycles. The fourth-order valence-corrected chi connectivity index (χ4v) is 2.42. The number of rotatable bonds is 4. The van der Waals surface area contributed by atoms with E-state index < -0.39 is 0 Å². The predicted molar refractivity (Wildman–Crippen MR) is 98.1 cm³/mol. The number of carbonyl (C=O) groups is 1. The van der Waals surface area contributed by atoms with E-state index in [2.05, 4.69) is 10.6 Å². The monoisotopic (exact) mass is 318 g/mol. The van der Waals surface area contributed by atoms with Crippen LogP contribution in [-0.2, 0) is 0 Å². The van der Waals surface area contributed by atoms with Gasteiger partial charge in [-0.3, -0.25) is 0 Å². The Hall–Kier alpha value is -3.27. The maximum Gasteiger partial charge on any atom is 0.323 e. The largest absolute Gasteiger partial charge is 0.497 e. The highest BCUT2D eigenvalue weighted by atomic mass is 16.5. The van der Waals surface area contributed by atoms with Crippen LogP contribution in [0.4, 0.5) is 10.5 Å². The third-order valence-corrected chi connectivity index (χ3v) is 3.64. The molecule has 2 amide bonds. The summed E-state index contributed by atoms with van der Waals surface area (Å²) in [5, 5.41) is 7.67. The molecule has 0 aliphatic rings. The molecule has 0 bridgehead atoms. The number of ether oxygens (including phenoxy) is 1. The molecule has 3 aromatic carbocycles.